The second-order valence-electron chi connectivity index (χ2n) is 5.16. The molecule has 0 radical (unpaired) electrons. The number of hydrogen-bond acceptors (Lipinski definition) is 3. The van der Waals surface area contributed by atoms with Crippen LogP contribution >= 0.6 is 0 Å². The molecule has 0 saturated carbocycles. The van der Waals surface area contributed by atoms with Crippen molar-refractivity contribution in [3.63, 3.8) is 0 Å². The van der Waals surface area contributed by atoms with E-state index in [0.29, 0.717) is 0 Å². The first-order valence-electron chi connectivity index (χ1n) is 6.21. The van der Waals surface area contributed by atoms with Gasteiger partial charge in [-0.2, -0.15) is 0 Å². The molecular weight excluding hydrogens is 234 g/mol. The topological polar surface area (TPSA) is 78.5 Å². The molecule has 0 aromatic heterocycles. The summed E-state index contributed by atoms with van der Waals surface area (Å²) in [5.41, 5.74) is -0.970. The molecule has 0 aromatic carbocycles. The van der Waals surface area contributed by atoms with E-state index in [1.165, 1.54) is 4.90 Å². The maximum Gasteiger partial charge on any atom is 0.325 e. The number of hydrogen-bond donors (Lipinski definition) is 2. The van der Waals surface area contributed by atoms with E-state index in [4.69, 9.17) is 0 Å². The number of nitrogens with one attached hydrogen (secondary N) is 2. The lowest BCUT2D eigenvalue weighted by molar-refractivity contribution is -0.127. The van der Waals surface area contributed by atoms with Gasteiger partial charge >= 0.3 is 6.03 Å². The number of imide groups is 1. The molecule has 1 fully saturated rings. The highest BCUT2D eigenvalue weighted by Gasteiger charge is 2.46. The van der Waals surface area contributed by atoms with Gasteiger partial charge in [0.2, 0.25) is 5.91 Å². The Balaban J connectivity index is 2.59. The van der Waals surface area contributed by atoms with E-state index < -0.39 is 11.6 Å². The van der Waals surface area contributed by atoms with Gasteiger partial charge in [0.05, 0.1) is 0 Å². The average Bonchev–Trinajstić information content (AvgIpc) is 2.41. The fourth-order valence-corrected chi connectivity index (χ4v) is 1.93. The SMILES string of the molecule is CCCC(C)NC(=O)CN1C(=O)NC(=O)C1(C)C. The molecule has 1 aliphatic rings. The van der Waals surface area contributed by atoms with Gasteiger partial charge in [0.15, 0.2) is 0 Å². The molecule has 0 aromatic rings. The van der Waals surface area contributed by atoms with Gasteiger partial charge in [-0.15, -0.1) is 0 Å². The van der Waals surface area contributed by atoms with Gasteiger partial charge in [0.25, 0.3) is 5.91 Å². The molecule has 0 bridgehead atoms. The molecule has 0 spiro atoms. The highest BCUT2D eigenvalue weighted by atomic mass is 16.2. The van der Waals surface area contributed by atoms with Gasteiger partial charge in [0, 0.05) is 6.04 Å². The molecule has 102 valence electrons. The van der Waals surface area contributed by atoms with E-state index in [-0.39, 0.29) is 24.4 Å². The Kier molecular flexibility index (Phi) is 4.32. The minimum absolute atomic E-state index is 0.0759. The molecule has 1 rings (SSSR count). The van der Waals surface area contributed by atoms with Crippen molar-refractivity contribution in [2.24, 2.45) is 0 Å². The predicted octanol–water partition coefficient (Wildman–Crippen LogP) is 0.622. The quantitative estimate of drug-likeness (QED) is 0.707. The predicted molar refractivity (Wildman–Crippen MR) is 66.8 cm³/mol. The molecule has 1 saturated heterocycles. The highest BCUT2D eigenvalue weighted by molar-refractivity contribution is 6.07. The van der Waals surface area contributed by atoms with Crippen LogP contribution in [0.4, 0.5) is 4.79 Å². The van der Waals surface area contributed by atoms with Gasteiger partial charge in [-0.05, 0) is 27.2 Å². The smallest absolute Gasteiger partial charge is 0.325 e. The number of carbonyl (C=O) groups excluding carboxylic acids is 3. The molecule has 0 aliphatic carbocycles. The van der Waals surface area contributed by atoms with Crippen molar-refractivity contribution in [2.75, 3.05) is 6.54 Å². The molecule has 6 nitrogen and oxygen atoms in total. The first-order chi connectivity index (χ1) is 8.28. The van der Waals surface area contributed by atoms with Crippen LogP contribution in [0.3, 0.4) is 0 Å². The molecule has 4 amide bonds. The Morgan fingerprint density at radius 2 is 2.06 bits per heavy atom. The summed E-state index contributed by atoms with van der Waals surface area (Å²) in [7, 11) is 0. The summed E-state index contributed by atoms with van der Waals surface area (Å²) in [4.78, 5) is 36.1. The van der Waals surface area contributed by atoms with Crippen LogP contribution in [-0.2, 0) is 9.59 Å². The van der Waals surface area contributed by atoms with Crippen LogP contribution in [0.5, 0.6) is 0 Å². The zero-order chi connectivity index (χ0) is 13.9. The molecule has 2 N–H and O–H groups in total. The molecule has 1 atom stereocenters. The zero-order valence-electron chi connectivity index (χ0n) is 11.4. The standard InChI is InChI=1S/C12H21N3O3/c1-5-6-8(2)13-9(16)7-15-11(18)14-10(17)12(15,3)4/h8H,5-7H2,1-4H3,(H,13,16)(H,14,17,18). The zero-order valence-corrected chi connectivity index (χ0v) is 11.4. The second-order valence-corrected chi connectivity index (χ2v) is 5.16. The summed E-state index contributed by atoms with van der Waals surface area (Å²) in [5.74, 6) is -0.615. The van der Waals surface area contributed by atoms with Crippen molar-refractivity contribution in [1.82, 2.24) is 15.5 Å². The second kappa shape index (κ2) is 5.37. The number of urea groups is 1. The van der Waals surface area contributed by atoms with Crippen molar-refractivity contribution in [3.8, 4) is 0 Å². The molecular formula is C12H21N3O3. The molecule has 1 heterocycles. The Labute approximate surface area is 107 Å². The van der Waals surface area contributed by atoms with Crippen LogP contribution in [0.25, 0.3) is 0 Å². The summed E-state index contributed by atoms with van der Waals surface area (Å²) in [5, 5.41) is 5.02. The van der Waals surface area contributed by atoms with E-state index in [1.54, 1.807) is 13.8 Å². The highest BCUT2D eigenvalue weighted by Crippen LogP contribution is 2.20. The van der Waals surface area contributed by atoms with Crippen molar-refractivity contribution >= 4 is 17.8 Å². The summed E-state index contributed by atoms with van der Waals surface area (Å²) in [6.45, 7) is 7.10. The van der Waals surface area contributed by atoms with Crippen LogP contribution in [0.1, 0.15) is 40.5 Å². The van der Waals surface area contributed by atoms with Gasteiger partial charge in [-0.25, -0.2) is 4.79 Å². The van der Waals surface area contributed by atoms with Crippen LogP contribution in [0.15, 0.2) is 0 Å². The Morgan fingerprint density at radius 1 is 1.44 bits per heavy atom. The minimum atomic E-state index is -0.970. The van der Waals surface area contributed by atoms with Crippen LogP contribution in [0, 0.1) is 0 Å². The lowest BCUT2D eigenvalue weighted by atomic mass is 10.0. The van der Waals surface area contributed by atoms with E-state index in [0.717, 1.165) is 12.8 Å². The average molecular weight is 255 g/mol. The lowest BCUT2D eigenvalue weighted by Gasteiger charge is -2.27. The fourth-order valence-electron chi connectivity index (χ4n) is 1.93. The largest absolute Gasteiger partial charge is 0.352 e. The van der Waals surface area contributed by atoms with Crippen LogP contribution < -0.4 is 10.6 Å². The lowest BCUT2D eigenvalue weighted by Crippen LogP contribution is -2.50. The van der Waals surface area contributed by atoms with Gasteiger partial charge < -0.3 is 10.2 Å². The third-order valence-corrected chi connectivity index (χ3v) is 3.13. The van der Waals surface area contributed by atoms with Gasteiger partial charge in [-0.1, -0.05) is 13.3 Å². The Bertz CT molecular complexity index is 366. The summed E-state index contributed by atoms with van der Waals surface area (Å²) in [6, 6.07) is -0.435. The third kappa shape index (κ3) is 3.00. The monoisotopic (exact) mass is 255 g/mol. The van der Waals surface area contributed by atoms with Crippen molar-refractivity contribution in [1.29, 1.82) is 0 Å². The fraction of sp³-hybridized carbons (Fsp3) is 0.750. The maximum absolute atomic E-state index is 11.8. The molecule has 6 heteroatoms. The molecule has 18 heavy (non-hydrogen) atoms. The van der Waals surface area contributed by atoms with Crippen molar-refractivity contribution in [2.45, 2.75) is 52.1 Å². The first kappa shape index (κ1) is 14.5. The molecule has 1 aliphatic heterocycles. The van der Waals surface area contributed by atoms with E-state index >= 15 is 0 Å². The third-order valence-electron chi connectivity index (χ3n) is 3.13. The number of carbonyl (C=O) groups is 3. The van der Waals surface area contributed by atoms with Gasteiger partial charge in [-0.3, -0.25) is 14.9 Å². The summed E-state index contributed by atoms with van der Waals surface area (Å²) < 4.78 is 0. The van der Waals surface area contributed by atoms with Gasteiger partial charge in [0.1, 0.15) is 12.1 Å². The number of nitrogens with zero attached hydrogens (tertiary/aromatic N) is 1. The van der Waals surface area contributed by atoms with Crippen LogP contribution in [0.2, 0.25) is 0 Å². The van der Waals surface area contributed by atoms with E-state index in [2.05, 4.69) is 10.6 Å². The minimum Gasteiger partial charge on any atom is -0.352 e. The van der Waals surface area contributed by atoms with Crippen LogP contribution in [-0.4, -0.2) is 40.9 Å². The Morgan fingerprint density at radius 3 is 2.50 bits per heavy atom. The normalized spacial score (nSPS) is 19.7. The maximum atomic E-state index is 11.8. The number of amides is 4. The van der Waals surface area contributed by atoms with Crippen molar-refractivity contribution < 1.29 is 14.4 Å². The summed E-state index contributed by atoms with van der Waals surface area (Å²) >= 11 is 0. The first-order valence-corrected chi connectivity index (χ1v) is 6.21. The number of rotatable bonds is 5. The van der Waals surface area contributed by atoms with Crippen molar-refractivity contribution in [3.05, 3.63) is 0 Å². The summed E-state index contributed by atoms with van der Waals surface area (Å²) in [6.07, 6.45) is 1.87. The molecule has 1 unspecified atom stereocenters. The Hall–Kier alpha value is -1.59. The van der Waals surface area contributed by atoms with E-state index in [9.17, 15) is 14.4 Å². The van der Waals surface area contributed by atoms with E-state index in [1.807, 2.05) is 13.8 Å².